The van der Waals surface area contributed by atoms with E-state index in [4.69, 9.17) is 16.3 Å². The molecule has 3 rings (SSSR count). The quantitative estimate of drug-likeness (QED) is 0.868. The number of hydrogen-bond donors (Lipinski definition) is 1. The van der Waals surface area contributed by atoms with Crippen LogP contribution < -0.4 is 4.74 Å². The standard InChI is InChI=1S/C20H20ClNO4/c21-17-7-3-4-8-18(17)26-15-9-11-22(12-10-15)19(23)13-14-5-1-2-6-16(14)20(24)25/h1-8,15H,9-13H2,(H,24,25). The Kier molecular flexibility index (Phi) is 5.78. The number of rotatable bonds is 5. The summed E-state index contributed by atoms with van der Waals surface area (Å²) in [4.78, 5) is 25.6. The van der Waals surface area contributed by atoms with E-state index >= 15 is 0 Å². The van der Waals surface area contributed by atoms with Gasteiger partial charge in [-0.15, -0.1) is 0 Å². The molecule has 0 spiro atoms. The molecular weight excluding hydrogens is 354 g/mol. The van der Waals surface area contributed by atoms with Gasteiger partial charge in [0, 0.05) is 25.9 Å². The van der Waals surface area contributed by atoms with Gasteiger partial charge in [-0.1, -0.05) is 41.9 Å². The molecule has 0 unspecified atom stereocenters. The number of benzene rings is 2. The Labute approximate surface area is 157 Å². The Balaban J connectivity index is 1.56. The number of aromatic carboxylic acids is 1. The molecule has 2 aromatic carbocycles. The number of carboxylic acids is 1. The average molecular weight is 374 g/mol. The average Bonchev–Trinajstić information content (AvgIpc) is 2.64. The lowest BCUT2D eigenvalue weighted by Crippen LogP contribution is -2.42. The van der Waals surface area contributed by atoms with Crippen molar-refractivity contribution in [2.45, 2.75) is 25.4 Å². The molecule has 6 heteroatoms. The van der Waals surface area contributed by atoms with E-state index in [0.717, 1.165) is 12.8 Å². The van der Waals surface area contributed by atoms with Gasteiger partial charge in [0.25, 0.3) is 0 Å². The van der Waals surface area contributed by atoms with Gasteiger partial charge in [-0.05, 0) is 23.8 Å². The maximum atomic E-state index is 12.5. The minimum Gasteiger partial charge on any atom is -0.489 e. The van der Waals surface area contributed by atoms with Crippen molar-refractivity contribution in [1.29, 1.82) is 0 Å². The van der Waals surface area contributed by atoms with Gasteiger partial charge in [-0.2, -0.15) is 0 Å². The third-order valence-electron chi connectivity index (χ3n) is 4.51. The minimum atomic E-state index is -1.01. The fourth-order valence-electron chi connectivity index (χ4n) is 3.10. The largest absolute Gasteiger partial charge is 0.489 e. The van der Waals surface area contributed by atoms with Crippen LogP contribution in [0.25, 0.3) is 0 Å². The number of likely N-dealkylation sites (tertiary alicyclic amines) is 1. The van der Waals surface area contributed by atoms with Gasteiger partial charge in [0.05, 0.1) is 17.0 Å². The molecular formula is C20H20ClNO4. The SMILES string of the molecule is O=C(O)c1ccccc1CC(=O)N1CCC(Oc2ccccc2Cl)CC1. The maximum Gasteiger partial charge on any atom is 0.335 e. The summed E-state index contributed by atoms with van der Waals surface area (Å²) in [5.41, 5.74) is 0.720. The van der Waals surface area contributed by atoms with Crippen LogP contribution in [0, 0.1) is 0 Å². The summed E-state index contributed by atoms with van der Waals surface area (Å²) in [6.45, 7) is 1.17. The fraction of sp³-hybridized carbons (Fsp3) is 0.300. The number of carbonyl (C=O) groups is 2. The first-order valence-corrected chi connectivity index (χ1v) is 8.92. The number of hydrogen-bond acceptors (Lipinski definition) is 3. The van der Waals surface area contributed by atoms with E-state index < -0.39 is 5.97 Å². The van der Waals surface area contributed by atoms with Gasteiger partial charge in [0.2, 0.25) is 5.91 Å². The number of para-hydroxylation sites is 1. The van der Waals surface area contributed by atoms with Crippen LogP contribution in [-0.2, 0) is 11.2 Å². The Morgan fingerprint density at radius 1 is 1.08 bits per heavy atom. The van der Waals surface area contributed by atoms with Gasteiger partial charge in [-0.3, -0.25) is 4.79 Å². The van der Waals surface area contributed by atoms with Gasteiger partial charge in [0.1, 0.15) is 11.9 Å². The molecule has 1 amide bonds. The highest BCUT2D eigenvalue weighted by Gasteiger charge is 2.25. The third-order valence-corrected chi connectivity index (χ3v) is 4.83. The Morgan fingerprint density at radius 2 is 1.73 bits per heavy atom. The first kappa shape index (κ1) is 18.3. The maximum absolute atomic E-state index is 12.5. The molecule has 0 atom stereocenters. The molecule has 0 radical (unpaired) electrons. The predicted molar refractivity (Wildman–Crippen MR) is 98.8 cm³/mol. The van der Waals surface area contributed by atoms with Crippen LogP contribution in [0.4, 0.5) is 0 Å². The lowest BCUT2D eigenvalue weighted by Gasteiger charge is -2.32. The lowest BCUT2D eigenvalue weighted by atomic mass is 10.0. The zero-order valence-corrected chi connectivity index (χ0v) is 15.0. The molecule has 1 aliphatic rings. The summed E-state index contributed by atoms with van der Waals surface area (Å²) in [5.74, 6) is -0.413. The highest BCUT2D eigenvalue weighted by Crippen LogP contribution is 2.27. The number of amides is 1. The normalized spacial score (nSPS) is 14.9. The highest BCUT2D eigenvalue weighted by molar-refractivity contribution is 6.32. The molecule has 0 bridgehead atoms. The molecule has 1 heterocycles. The molecule has 2 aromatic rings. The minimum absolute atomic E-state index is 0.0188. The molecule has 1 saturated heterocycles. The summed E-state index contributed by atoms with van der Waals surface area (Å²) in [5, 5.41) is 9.81. The van der Waals surface area contributed by atoms with Crippen molar-refractivity contribution in [2.75, 3.05) is 13.1 Å². The van der Waals surface area contributed by atoms with Gasteiger partial charge in [-0.25, -0.2) is 4.79 Å². The van der Waals surface area contributed by atoms with E-state index in [2.05, 4.69) is 0 Å². The second kappa shape index (κ2) is 8.23. The van der Waals surface area contributed by atoms with Crippen molar-refractivity contribution < 1.29 is 19.4 Å². The number of piperidine rings is 1. The van der Waals surface area contributed by atoms with Gasteiger partial charge >= 0.3 is 5.97 Å². The van der Waals surface area contributed by atoms with Crippen LogP contribution in [-0.4, -0.2) is 41.1 Å². The van der Waals surface area contributed by atoms with E-state index in [0.29, 0.717) is 29.4 Å². The predicted octanol–water partition coefficient (Wildman–Crippen LogP) is 3.65. The molecule has 0 aliphatic carbocycles. The summed E-state index contributed by atoms with van der Waals surface area (Å²) >= 11 is 6.12. The molecule has 0 aromatic heterocycles. The first-order valence-electron chi connectivity index (χ1n) is 8.55. The molecule has 1 N–H and O–H groups in total. The lowest BCUT2D eigenvalue weighted by molar-refractivity contribution is -0.132. The summed E-state index contributed by atoms with van der Waals surface area (Å²) in [6.07, 6.45) is 1.55. The summed E-state index contributed by atoms with van der Waals surface area (Å²) in [6, 6.07) is 14.0. The van der Waals surface area contributed by atoms with E-state index in [1.807, 2.05) is 18.2 Å². The zero-order chi connectivity index (χ0) is 18.5. The third kappa shape index (κ3) is 4.35. The highest BCUT2D eigenvalue weighted by atomic mass is 35.5. The fourth-order valence-corrected chi connectivity index (χ4v) is 3.28. The van der Waals surface area contributed by atoms with Gasteiger partial charge in [0.15, 0.2) is 0 Å². The monoisotopic (exact) mass is 373 g/mol. The number of ether oxygens (including phenoxy) is 1. The van der Waals surface area contributed by atoms with E-state index in [-0.39, 0.29) is 24.0 Å². The van der Waals surface area contributed by atoms with Crippen LogP contribution in [0.2, 0.25) is 5.02 Å². The number of halogens is 1. The number of nitrogens with zero attached hydrogens (tertiary/aromatic N) is 1. The van der Waals surface area contributed by atoms with Crippen LogP contribution in [0.3, 0.4) is 0 Å². The van der Waals surface area contributed by atoms with E-state index in [9.17, 15) is 14.7 Å². The smallest absolute Gasteiger partial charge is 0.335 e. The van der Waals surface area contributed by atoms with Gasteiger partial charge < -0.3 is 14.7 Å². The molecule has 1 fully saturated rings. The Bertz CT molecular complexity index is 800. The second-order valence-electron chi connectivity index (χ2n) is 6.27. The number of carboxylic acid groups (broad SMARTS) is 1. The molecule has 0 saturated carbocycles. The topological polar surface area (TPSA) is 66.8 Å². The Hall–Kier alpha value is -2.53. The van der Waals surface area contributed by atoms with Crippen molar-refractivity contribution in [2.24, 2.45) is 0 Å². The molecule has 136 valence electrons. The van der Waals surface area contributed by atoms with Crippen LogP contribution in [0.1, 0.15) is 28.8 Å². The van der Waals surface area contributed by atoms with Crippen LogP contribution in [0.15, 0.2) is 48.5 Å². The van der Waals surface area contributed by atoms with E-state index in [1.54, 1.807) is 29.2 Å². The van der Waals surface area contributed by atoms with E-state index in [1.165, 1.54) is 6.07 Å². The van der Waals surface area contributed by atoms with Crippen LogP contribution in [0.5, 0.6) is 5.75 Å². The first-order chi connectivity index (χ1) is 12.5. The molecule has 1 aliphatic heterocycles. The Morgan fingerprint density at radius 3 is 2.42 bits per heavy atom. The molecule has 26 heavy (non-hydrogen) atoms. The number of carbonyl (C=O) groups excluding carboxylic acids is 1. The zero-order valence-electron chi connectivity index (χ0n) is 14.2. The van der Waals surface area contributed by atoms with Crippen LogP contribution >= 0.6 is 11.6 Å². The van der Waals surface area contributed by atoms with Crippen molar-refractivity contribution in [3.63, 3.8) is 0 Å². The van der Waals surface area contributed by atoms with Crippen molar-refractivity contribution in [3.8, 4) is 5.75 Å². The molecule has 5 nitrogen and oxygen atoms in total. The second-order valence-corrected chi connectivity index (χ2v) is 6.67. The summed E-state index contributed by atoms with van der Waals surface area (Å²) in [7, 11) is 0. The van der Waals surface area contributed by atoms with Crippen molar-refractivity contribution >= 4 is 23.5 Å². The summed E-state index contributed by atoms with van der Waals surface area (Å²) < 4.78 is 5.94. The van der Waals surface area contributed by atoms with Crippen molar-refractivity contribution in [3.05, 3.63) is 64.7 Å². The van der Waals surface area contributed by atoms with Crippen molar-refractivity contribution in [1.82, 2.24) is 4.90 Å².